The summed E-state index contributed by atoms with van der Waals surface area (Å²) in [6.45, 7) is 0. The van der Waals surface area contributed by atoms with E-state index >= 15 is 0 Å². The Morgan fingerprint density at radius 1 is 1.35 bits per heavy atom. The number of nitrogens with one attached hydrogen (secondary N) is 1. The summed E-state index contributed by atoms with van der Waals surface area (Å²) in [5.41, 5.74) is 3.43. The van der Waals surface area contributed by atoms with Crippen molar-refractivity contribution in [3.8, 4) is 0 Å². The Morgan fingerprint density at radius 3 is 2.94 bits per heavy atom. The van der Waals surface area contributed by atoms with Gasteiger partial charge in [0.25, 0.3) is 5.91 Å². The molecule has 0 unspecified atom stereocenters. The number of amides is 1. The van der Waals surface area contributed by atoms with Gasteiger partial charge in [0.2, 0.25) is 0 Å². The van der Waals surface area contributed by atoms with Gasteiger partial charge >= 0.3 is 0 Å². The summed E-state index contributed by atoms with van der Waals surface area (Å²) < 4.78 is 1.71. The Labute approximate surface area is 98.6 Å². The highest BCUT2D eigenvalue weighted by atomic mass is 16.2. The van der Waals surface area contributed by atoms with Crippen LogP contribution >= 0.6 is 0 Å². The summed E-state index contributed by atoms with van der Waals surface area (Å²) in [6, 6.07) is 7.68. The van der Waals surface area contributed by atoms with Crippen LogP contribution in [0.4, 0.5) is 5.69 Å². The fourth-order valence-electron chi connectivity index (χ4n) is 1.96. The molecule has 0 saturated carbocycles. The number of aromatic nitrogens is 2. The molecule has 1 N–H and O–H groups in total. The number of para-hydroxylation sites is 1. The number of carbonyl (C=O) groups excluding carboxylic acids is 1. The molecule has 0 fully saturated rings. The average Bonchev–Trinajstić information content (AvgIpc) is 2.85. The fraction of sp³-hybridized carbons (Fsp3) is 0.0769. The first-order valence-electron chi connectivity index (χ1n) is 5.35. The number of hydrogen-bond donors (Lipinski definition) is 1. The number of rotatable bonds is 1. The highest BCUT2D eigenvalue weighted by Gasteiger charge is 2.23. The molecule has 0 saturated heterocycles. The molecule has 1 aromatic carbocycles. The molecule has 0 spiro atoms. The Kier molecular flexibility index (Phi) is 2.08. The Balaban J connectivity index is 2.09. The van der Waals surface area contributed by atoms with E-state index in [0.717, 1.165) is 16.8 Å². The zero-order chi connectivity index (χ0) is 11.8. The quantitative estimate of drug-likeness (QED) is 0.753. The molecule has 1 aliphatic heterocycles. The molecule has 4 nitrogen and oxygen atoms in total. The highest BCUT2D eigenvalue weighted by molar-refractivity contribution is 6.34. The van der Waals surface area contributed by atoms with Gasteiger partial charge in [-0.1, -0.05) is 18.2 Å². The lowest BCUT2D eigenvalue weighted by molar-refractivity contribution is -0.110. The predicted octanol–water partition coefficient (Wildman–Crippen LogP) is 1.91. The van der Waals surface area contributed by atoms with E-state index in [1.807, 2.05) is 43.6 Å². The third kappa shape index (κ3) is 1.63. The van der Waals surface area contributed by atoms with Gasteiger partial charge in [-0.2, -0.15) is 5.10 Å². The molecule has 0 radical (unpaired) electrons. The van der Waals surface area contributed by atoms with Crippen LogP contribution in [-0.2, 0) is 11.8 Å². The Morgan fingerprint density at radius 2 is 2.18 bits per heavy atom. The van der Waals surface area contributed by atoms with Gasteiger partial charge in [0.15, 0.2) is 0 Å². The molecule has 3 rings (SSSR count). The molecule has 84 valence electrons. The van der Waals surface area contributed by atoms with Crippen LogP contribution in [0, 0.1) is 0 Å². The van der Waals surface area contributed by atoms with Gasteiger partial charge < -0.3 is 5.32 Å². The van der Waals surface area contributed by atoms with Crippen molar-refractivity contribution in [1.82, 2.24) is 9.78 Å². The normalized spacial score (nSPS) is 16.1. The van der Waals surface area contributed by atoms with Crippen molar-refractivity contribution in [2.24, 2.45) is 7.05 Å². The molecule has 0 aliphatic carbocycles. The number of hydrogen-bond acceptors (Lipinski definition) is 2. The van der Waals surface area contributed by atoms with Crippen LogP contribution in [-0.4, -0.2) is 15.7 Å². The van der Waals surface area contributed by atoms with Gasteiger partial charge in [-0.05, 0) is 12.1 Å². The van der Waals surface area contributed by atoms with Crippen molar-refractivity contribution in [2.75, 3.05) is 5.32 Å². The van der Waals surface area contributed by atoms with Gasteiger partial charge in [0, 0.05) is 35.6 Å². The molecule has 1 amide bonds. The van der Waals surface area contributed by atoms with E-state index in [2.05, 4.69) is 10.4 Å². The molecule has 2 aromatic rings. The highest BCUT2D eigenvalue weighted by Crippen LogP contribution is 2.32. The predicted molar refractivity (Wildman–Crippen MR) is 66.2 cm³/mol. The Bertz CT molecular complexity index is 625. The van der Waals surface area contributed by atoms with Gasteiger partial charge in [-0.25, -0.2) is 0 Å². The number of anilines is 1. The van der Waals surface area contributed by atoms with Crippen LogP contribution < -0.4 is 5.32 Å². The van der Waals surface area contributed by atoms with E-state index in [4.69, 9.17) is 0 Å². The molecule has 4 heteroatoms. The van der Waals surface area contributed by atoms with Crippen LogP contribution in [0.3, 0.4) is 0 Å². The number of fused-ring (bicyclic) bond motifs is 1. The zero-order valence-electron chi connectivity index (χ0n) is 9.34. The third-order valence-corrected chi connectivity index (χ3v) is 2.75. The van der Waals surface area contributed by atoms with Crippen LogP contribution in [0.25, 0.3) is 11.6 Å². The number of nitrogens with zero attached hydrogens (tertiary/aromatic N) is 2. The maximum atomic E-state index is 11.8. The monoisotopic (exact) mass is 225 g/mol. The van der Waals surface area contributed by atoms with E-state index < -0.39 is 0 Å². The van der Waals surface area contributed by atoms with E-state index in [1.165, 1.54) is 0 Å². The summed E-state index contributed by atoms with van der Waals surface area (Å²) in [4.78, 5) is 11.8. The topological polar surface area (TPSA) is 46.9 Å². The molecule has 0 atom stereocenters. The number of benzene rings is 1. The van der Waals surface area contributed by atoms with Crippen LogP contribution in [0.5, 0.6) is 0 Å². The van der Waals surface area contributed by atoms with Gasteiger partial charge in [-0.15, -0.1) is 0 Å². The van der Waals surface area contributed by atoms with Crippen molar-refractivity contribution < 1.29 is 4.79 Å². The maximum absolute atomic E-state index is 11.8. The second kappa shape index (κ2) is 3.59. The maximum Gasteiger partial charge on any atom is 0.256 e. The lowest BCUT2D eigenvalue weighted by Crippen LogP contribution is -2.03. The van der Waals surface area contributed by atoms with E-state index in [0.29, 0.717) is 5.57 Å². The standard InChI is InChI=1S/C13H11N3O/c1-16-8-9(7-14-16)6-11-10-4-2-3-5-12(10)15-13(11)17/h2-8H,1H3,(H,15,17)/b11-6+. The van der Waals surface area contributed by atoms with E-state index in [9.17, 15) is 4.79 Å². The largest absolute Gasteiger partial charge is 0.321 e. The van der Waals surface area contributed by atoms with Crippen LogP contribution in [0.2, 0.25) is 0 Å². The molecule has 17 heavy (non-hydrogen) atoms. The molecular weight excluding hydrogens is 214 g/mol. The minimum atomic E-state index is -0.0601. The van der Waals surface area contributed by atoms with Crippen molar-refractivity contribution in [2.45, 2.75) is 0 Å². The lowest BCUT2D eigenvalue weighted by Gasteiger charge is -1.95. The van der Waals surface area contributed by atoms with Crippen molar-refractivity contribution in [1.29, 1.82) is 0 Å². The average molecular weight is 225 g/mol. The fourth-order valence-corrected chi connectivity index (χ4v) is 1.96. The first-order valence-corrected chi connectivity index (χ1v) is 5.35. The molecule has 1 aromatic heterocycles. The molecule has 1 aliphatic rings. The number of aryl methyl sites for hydroxylation is 1. The summed E-state index contributed by atoms with van der Waals surface area (Å²) in [6.07, 6.45) is 5.47. The first-order chi connectivity index (χ1) is 8.24. The van der Waals surface area contributed by atoms with Gasteiger partial charge in [-0.3, -0.25) is 9.48 Å². The number of carbonyl (C=O) groups is 1. The lowest BCUT2D eigenvalue weighted by atomic mass is 10.1. The summed E-state index contributed by atoms with van der Waals surface area (Å²) >= 11 is 0. The second-order valence-electron chi connectivity index (χ2n) is 4.01. The first kappa shape index (κ1) is 9.84. The van der Waals surface area contributed by atoms with Gasteiger partial charge in [0.05, 0.1) is 6.20 Å². The molecule has 0 bridgehead atoms. The smallest absolute Gasteiger partial charge is 0.256 e. The van der Waals surface area contributed by atoms with Gasteiger partial charge in [0.1, 0.15) is 0 Å². The van der Waals surface area contributed by atoms with E-state index in [1.54, 1.807) is 10.9 Å². The summed E-state index contributed by atoms with van der Waals surface area (Å²) in [5, 5.41) is 6.92. The summed E-state index contributed by atoms with van der Waals surface area (Å²) in [7, 11) is 1.85. The third-order valence-electron chi connectivity index (χ3n) is 2.75. The minimum absolute atomic E-state index is 0.0601. The van der Waals surface area contributed by atoms with Crippen molar-refractivity contribution in [3.63, 3.8) is 0 Å². The second-order valence-corrected chi connectivity index (χ2v) is 4.01. The minimum Gasteiger partial charge on any atom is -0.321 e. The zero-order valence-corrected chi connectivity index (χ0v) is 9.34. The van der Waals surface area contributed by atoms with Crippen LogP contribution in [0.1, 0.15) is 11.1 Å². The molecule has 2 heterocycles. The van der Waals surface area contributed by atoms with Crippen molar-refractivity contribution in [3.05, 3.63) is 47.8 Å². The SMILES string of the molecule is Cn1cc(/C=C2/C(=O)Nc3ccccc32)cn1. The van der Waals surface area contributed by atoms with Crippen LogP contribution in [0.15, 0.2) is 36.7 Å². The Hall–Kier alpha value is -2.36. The summed E-state index contributed by atoms with van der Waals surface area (Å²) in [5.74, 6) is -0.0601. The van der Waals surface area contributed by atoms with E-state index in [-0.39, 0.29) is 5.91 Å². The molecular formula is C13H11N3O. The van der Waals surface area contributed by atoms with Crippen molar-refractivity contribution >= 4 is 23.2 Å².